The van der Waals surface area contributed by atoms with Crippen molar-refractivity contribution in [2.45, 2.75) is 24.3 Å². The second-order valence-electron chi connectivity index (χ2n) is 7.04. The Morgan fingerprint density at radius 1 is 1.03 bits per heavy atom. The third kappa shape index (κ3) is 4.62. The van der Waals surface area contributed by atoms with Crippen LogP contribution in [0.5, 0.6) is 0 Å². The predicted molar refractivity (Wildman–Crippen MR) is 101 cm³/mol. The van der Waals surface area contributed by atoms with Gasteiger partial charge in [0.25, 0.3) is 0 Å². The van der Waals surface area contributed by atoms with E-state index in [1.54, 1.807) is 25.2 Å². The monoisotopic (exact) mass is 426 g/mol. The minimum atomic E-state index is -3.97. The topological polar surface area (TPSA) is 57.7 Å². The zero-order valence-corrected chi connectivity index (χ0v) is 16.6. The quantitative estimate of drug-likeness (QED) is 0.738. The molecule has 0 spiro atoms. The number of rotatable bonds is 5. The number of hydrogen-bond acceptors (Lipinski definition) is 3. The van der Waals surface area contributed by atoms with Crippen molar-refractivity contribution in [3.8, 4) is 0 Å². The lowest BCUT2D eigenvalue weighted by Gasteiger charge is -2.32. The van der Waals surface area contributed by atoms with Crippen LogP contribution in [0.1, 0.15) is 18.4 Å². The van der Waals surface area contributed by atoms with Gasteiger partial charge < -0.3 is 4.90 Å². The Bertz CT molecular complexity index is 1010. The Balaban J connectivity index is 1.62. The highest BCUT2D eigenvalue weighted by Crippen LogP contribution is 2.26. The predicted octanol–water partition coefficient (Wildman–Crippen LogP) is 3.16. The summed E-state index contributed by atoms with van der Waals surface area (Å²) in [7, 11) is -2.39. The molecule has 0 aliphatic carbocycles. The first-order valence-corrected chi connectivity index (χ1v) is 10.6. The Hall–Kier alpha value is -2.39. The summed E-state index contributed by atoms with van der Waals surface area (Å²) in [6, 6.07) is 8.65. The molecule has 0 saturated carbocycles. The van der Waals surface area contributed by atoms with Crippen molar-refractivity contribution in [1.82, 2.24) is 9.21 Å². The molecule has 1 heterocycles. The van der Waals surface area contributed by atoms with E-state index >= 15 is 0 Å². The molecule has 0 radical (unpaired) electrons. The van der Waals surface area contributed by atoms with E-state index in [9.17, 15) is 26.4 Å². The minimum Gasteiger partial charge on any atom is -0.341 e. The molecule has 29 heavy (non-hydrogen) atoms. The molecule has 2 aromatic rings. The lowest BCUT2D eigenvalue weighted by atomic mass is 9.96. The van der Waals surface area contributed by atoms with Crippen molar-refractivity contribution in [3.05, 3.63) is 65.5 Å². The Kier molecular flexibility index (Phi) is 6.28. The minimum absolute atomic E-state index is 0.0886. The van der Waals surface area contributed by atoms with Gasteiger partial charge in [-0.05, 0) is 37.1 Å². The average Bonchev–Trinajstić information content (AvgIpc) is 2.71. The lowest BCUT2D eigenvalue weighted by molar-refractivity contribution is -0.136. The lowest BCUT2D eigenvalue weighted by Crippen LogP contribution is -2.43. The van der Waals surface area contributed by atoms with Gasteiger partial charge in [-0.1, -0.05) is 18.2 Å². The first-order valence-electron chi connectivity index (χ1n) is 9.13. The van der Waals surface area contributed by atoms with Gasteiger partial charge in [-0.15, -0.1) is 0 Å². The van der Waals surface area contributed by atoms with Gasteiger partial charge in [0.05, 0.1) is 4.90 Å². The fourth-order valence-electron chi connectivity index (χ4n) is 3.40. The van der Waals surface area contributed by atoms with E-state index < -0.39 is 21.7 Å². The molecular weight excluding hydrogens is 405 g/mol. The smallest absolute Gasteiger partial charge is 0.243 e. The molecule has 1 saturated heterocycles. The number of nitrogens with zero attached hydrogens (tertiary/aromatic N) is 2. The Morgan fingerprint density at radius 2 is 1.69 bits per heavy atom. The summed E-state index contributed by atoms with van der Waals surface area (Å²) in [6.45, 7) is 0.301. The van der Waals surface area contributed by atoms with Gasteiger partial charge in [0.2, 0.25) is 15.9 Å². The molecule has 0 N–H and O–H groups in total. The summed E-state index contributed by atoms with van der Waals surface area (Å²) >= 11 is 0. The molecule has 1 fully saturated rings. The van der Waals surface area contributed by atoms with Crippen LogP contribution in [0.25, 0.3) is 0 Å². The van der Waals surface area contributed by atoms with E-state index in [4.69, 9.17) is 0 Å². The van der Waals surface area contributed by atoms with Gasteiger partial charge in [-0.2, -0.15) is 4.31 Å². The Labute approximate surface area is 167 Å². The van der Waals surface area contributed by atoms with Crippen molar-refractivity contribution in [3.63, 3.8) is 0 Å². The van der Waals surface area contributed by atoms with Crippen LogP contribution in [0.15, 0.2) is 47.4 Å². The summed E-state index contributed by atoms with van der Waals surface area (Å²) in [5.41, 5.74) is 0.404. The van der Waals surface area contributed by atoms with Crippen molar-refractivity contribution >= 4 is 15.9 Å². The van der Waals surface area contributed by atoms with E-state index in [2.05, 4.69) is 0 Å². The Morgan fingerprint density at radius 3 is 2.31 bits per heavy atom. The van der Waals surface area contributed by atoms with E-state index in [1.165, 1.54) is 15.3 Å². The number of piperidine rings is 1. The highest BCUT2D eigenvalue weighted by molar-refractivity contribution is 7.89. The van der Waals surface area contributed by atoms with Crippen LogP contribution in [0, 0.1) is 23.4 Å². The molecule has 0 unspecified atom stereocenters. The molecule has 2 aromatic carbocycles. The SMILES string of the molecule is CN(Cc1ccccc1F)C(=O)C1CCN(S(=O)(=O)c2ccc(F)c(F)c2)CC1. The molecule has 0 bridgehead atoms. The first kappa shape index (κ1) is 21.3. The maximum atomic E-state index is 13.8. The van der Waals surface area contributed by atoms with Crippen LogP contribution in [-0.4, -0.2) is 43.7 Å². The summed E-state index contributed by atoms with van der Waals surface area (Å²) in [5, 5.41) is 0. The number of amides is 1. The van der Waals surface area contributed by atoms with Crippen LogP contribution in [0.3, 0.4) is 0 Å². The number of halogens is 3. The van der Waals surface area contributed by atoms with Crippen LogP contribution in [0.2, 0.25) is 0 Å². The van der Waals surface area contributed by atoms with E-state index in [1.807, 2.05) is 0 Å². The van der Waals surface area contributed by atoms with Gasteiger partial charge in [0.1, 0.15) is 5.82 Å². The molecule has 1 amide bonds. The number of carbonyl (C=O) groups excluding carboxylic acids is 1. The van der Waals surface area contributed by atoms with Gasteiger partial charge in [-0.3, -0.25) is 4.79 Å². The molecule has 5 nitrogen and oxygen atoms in total. The average molecular weight is 426 g/mol. The standard InChI is InChI=1S/C20H21F3N2O3S/c1-24(13-15-4-2-3-5-17(15)21)20(26)14-8-10-25(11-9-14)29(27,28)16-6-7-18(22)19(23)12-16/h2-7,12,14H,8-11,13H2,1H3. The maximum absolute atomic E-state index is 13.8. The van der Waals surface area contributed by atoms with Crippen molar-refractivity contribution in [2.24, 2.45) is 5.92 Å². The third-order valence-corrected chi connectivity index (χ3v) is 6.97. The highest BCUT2D eigenvalue weighted by atomic mass is 32.2. The van der Waals surface area contributed by atoms with Gasteiger partial charge in [0, 0.05) is 38.2 Å². The molecule has 0 atom stereocenters. The number of hydrogen-bond donors (Lipinski definition) is 0. The number of sulfonamides is 1. The van der Waals surface area contributed by atoms with Gasteiger partial charge >= 0.3 is 0 Å². The summed E-state index contributed by atoms with van der Waals surface area (Å²) in [4.78, 5) is 13.8. The zero-order valence-electron chi connectivity index (χ0n) is 15.8. The van der Waals surface area contributed by atoms with Crippen LogP contribution >= 0.6 is 0 Å². The molecule has 9 heteroatoms. The van der Waals surface area contributed by atoms with Gasteiger partial charge in [0.15, 0.2) is 11.6 Å². The zero-order chi connectivity index (χ0) is 21.2. The van der Waals surface area contributed by atoms with Crippen LogP contribution in [-0.2, 0) is 21.4 Å². The number of carbonyl (C=O) groups is 1. The summed E-state index contributed by atoms with van der Waals surface area (Å²) in [6.07, 6.45) is 0.590. The molecular formula is C20H21F3N2O3S. The van der Waals surface area contributed by atoms with Crippen LogP contribution in [0.4, 0.5) is 13.2 Å². The van der Waals surface area contributed by atoms with Crippen LogP contribution < -0.4 is 0 Å². The second kappa shape index (κ2) is 8.54. The van der Waals surface area contributed by atoms with Crippen molar-refractivity contribution in [2.75, 3.05) is 20.1 Å². The fraction of sp³-hybridized carbons (Fsp3) is 0.350. The first-order chi connectivity index (χ1) is 13.7. The van der Waals surface area contributed by atoms with Gasteiger partial charge in [-0.25, -0.2) is 21.6 Å². The highest BCUT2D eigenvalue weighted by Gasteiger charge is 2.33. The summed E-state index contributed by atoms with van der Waals surface area (Å²) in [5.74, 6) is -3.31. The van der Waals surface area contributed by atoms with E-state index in [-0.39, 0.29) is 42.2 Å². The normalized spacial score (nSPS) is 16.0. The maximum Gasteiger partial charge on any atom is 0.243 e. The second-order valence-corrected chi connectivity index (χ2v) is 8.98. The van der Waals surface area contributed by atoms with Crippen molar-refractivity contribution in [1.29, 1.82) is 0 Å². The molecule has 1 aliphatic rings. The van der Waals surface area contributed by atoms with Crippen molar-refractivity contribution < 1.29 is 26.4 Å². The van der Waals surface area contributed by atoms with E-state index in [0.29, 0.717) is 24.5 Å². The molecule has 156 valence electrons. The molecule has 3 rings (SSSR count). The largest absolute Gasteiger partial charge is 0.341 e. The molecule has 1 aliphatic heterocycles. The third-order valence-electron chi connectivity index (χ3n) is 5.07. The summed E-state index contributed by atoms with van der Waals surface area (Å²) < 4.78 is 66.7. The molecule has 0 aromatic heterocycles. The number of benzene rings is 2. The van der Waals surface area contributed by atoms with E-state index in [0.717, 1.165) is 12.1 Å². The fourth-order valence-corrected chi connectivity index (χ4v) is 4.88.